The molecule has 31 heavy (non-hydrogen) atoms. The number of nitrogens with zero attached hydrogens (tertiary/aromatic N) is 3. The van der Waals surface area contributed by atoms with E-state index in [1.807, 2.05) is 33.7 Å². The molecule has 162 valence electrons. The Hall–Kier alpha value is -3.29. The van der Waals surface area contributed by atoms with E-state index < -0.39 is 0 Å². The number of piperidine rings is 2. The van der Waals surface area contributed by atoms with Gasteiger partial charge in [-0.1, -0.05) is 12.1 Å². The fourth-order valence-electron chi connectivity index (χ4n) is 4.93. The van der Waals surface area contributed by atoms with Crippen molar-refractivity contribution in [2.24, 2.45) is 5.92 Å². The average molecular weight is 422 g/mol. The minimum Gasteiger partial charge on any atom is -0.459 e. The molecular formula is C23H26N4O4. The lowest BCUT2D eigenvalue weighted by Gasteiger charge is -2.37. The number of amides is 2. The number of nitrogens with one attached hydrogen (secondary N) is 1. The Morgan fingerprint density at radius 3 is 2.32 bits per heavy atom. The Bertz CT molecular complexity index is 1130. The normalized spacial score (nSPS) is 18.6. The van der Waals surface area contributed by atoms with Crippen molar-refractivity contribution in [2.75, 3.05) is 26.2 Å². The van der Waals surface area contributed by atoms with E-state index in [0.29, 0.717) is 44.8 Å². The van der Waals surface area contributed by atoms with Crippen LogP contribution < -0.4 is 5.69 Å². The van der Waals surface area contributed by atoms with Crippen molar-refractivity contribution in [3.63, 3.8) is 0 Å². The molecule has 1 N–H and O–H groups in total. The van der Waals surface area contributed by atoms with Crippen molar-refractivity contribution >= 4 is 22.8 Å². The third kappa shape index (κ3) is 3.66. The Morgan fingerprint density at radius 1 is 0.903 bits per heavy atom. The van der Waals surface area contributed by atoms with Gasteiger partial charge in [-0.25, -0.2) is 4.79 Å². The lowest BCUT2D eigenvalue weighted by molar-refractivity contribution is -0.138. The summed E-state index contributed by atoms with van der Waals surface area (Å²) in [5.41, 5.74) is 1.69. The summed E-state index contributed by atoms with van der Waals surface area (Å²) in [6.45, 7) is 2.44. The van der Waals surface area contributed by atoms with Gasteiger partial charge >= 0.3 is 5.69 Å². The van der Waals surface area contributed by atoms with Crippen LogP contribution >= 0.6 is 0 Å². The highest BCUT2D eigenvalue weighted by Crippen LogP contribution is 2.28. The molecule has 2 fully saturated rings. The summed E-state index contributed by atoms with van der Waals surface area (Å²) < 4.78 is 7.04. The van der Waals surface area contributed by atoms with E-state index in [1.54, 1.807) is 17.0 Å². The van der Waals surface area contributed by atoms with Gasteiger partial charge in [-0.05, 0) is 49.9 Å². The van der Waals surface area contributed by atoms with Gasteiger partial charge < -0.3 is 19.2 Å². The zero-order valence-corrected chi connectivity index (χ0v) is 17.3. The third-order valence-corrected chi connectivity index (χ3v) is 6.63. The van der Waals surface area contributed by atoms with Gasteiger partial charge in [0.25, 0.3) is 5.91 Å². The van der Waals surface area contributed by atoms with Gasteiger partial charge in [-0.2, -0.15) is 0 Å². The number of carbonyl (C=O) groups is 2. The maximum absolute atomic E-state index is 13.1. The molecule has 0 saturated carbocycles. The molecule has 0 spiro atoms. The number of para-hydroxylation sites is 2. The van der Waals surface area contributed by atoms with E-state index in [-0.39, 0.29) is 29.5 Å². The number of furan rings is 1. The number of aromatic amines is 1. The fraction of sp³-hybridized carbons (Fsp3) is 0.435. The molecule has 2 aromatic heterocycles. The highest BCUT2D eigenvalue weighted by atomic mass is 16.3. The molecule has 2 saturated heterocycles. The first-order valence-electron chi connectivity index (χ1n) is 10.9. The molecule has 5 rings (SSSR count). The van der Waals surface area contributed by atoms with Crippen molar-refractivity contribution in [3.05, 3.63) is 58.9 Å². The number of rotatable bonds is 3. The molecule has 2 aliphatic rings. The van der Waals surface area contributed by atoms with Gasteiger partial charge in [0.15, 0.2) is 5.76 Å². The molecule has 0 unspecified atom stereocenters. The van der Waals surface area contributed by atoms with Crippen LogP contribution in [-0.4, -0.2) is 57.3 Å². The zero-order valence-electron chi connectivity index (χ0n) is 17.3. The Morgan fingerprint density at radius 2 is 1.61 bits per heavy atom. The molecule has 8 heteroatoms. The van der Waals surface area contributed by atoms with E-state index in [0.717, 1.165) is 23.9 Å². The second kappa shape index (κ2) is 8.09. The first kappa shape index (κ1) is 19.7. The number of carbonyl (C=O) groups excluding carboxylic acids is 2. The first-order chi connectivity index (χ1) is 15.1. The Balaban J connectivity index is 1.18. The van der Waals surface area contributed by atoms with Crippen LogP contribution in [0.2, 0.25) is 0 Å². The standard InChI is InChI=1S/C23H26N4O4/c28-21(16-7-11-26(12-8-16)22(29)20-6-3-15-31-20)25-13-9-17(10-14-25)27-19-5-2-1-4-18(19)24-23(27)30/h1-6,15-17H,7-14H2,(H,24,30). The van der Waals surface area contributed by atoms with E-state index in [4.69, 9.17) is 4.42 Å². The predicted octanol–water partition coefficient (Wildman–Crippen LogP) is 2.64. The summed E-state index contributed by atoms with van der Waals surface area (Å²) in [7, 11) is 0. The summed E-state index contributed by atoms with van der Waals surface area (Å²) in [5, 5.41) is 0. The quantitative estimate of drug-likeness (QED) is 0.702. The predicted molar refractivity (Wildman–Crippen MR) is 115 cm³/mol. The largest absolute Gasteiger partial charge is 0.459 e. The molecule has 8 nitrogen and oxygen atoms in total. The smallest absolute Gasteiger partial charge is 0.326 e. The summed E-state index contributed by atoms with van der Waals surface area (Å²) in [4.78, 5) is 44.6. The number of benzene rings is 1. The van der Waals surface area contributed by atoms with Crippen molar-refractivity contribution in [2.45, 2.75) is 31.7 Å². The number of H-pyrrole nitrogens is 1. The van der Waals surface area contributed by atoms with Crippen molar-refractivity contribution in [1.82, 2.24) is 19.4 Å². The Kier molecular flexibility index (Phi) is 5.13. The van der Waals surface area contributed by atoms with Gasteiger partial charge in [0.1, 0.15) is 0 Å². The highest BCUT2D eigenvalue weighted by molar-refractivity contribution is 5.91. The number of aromatic nitrogens is 2. The second-order valence-electron chi connectivity index (χ2n) is 8.42. The molecule has 0 bridgehead atoms. The van der Waals surface area contributed by atoms with Crippen LogP contribution in [-0.2, 0) is 4.79 Å². The number of hydrogen-bond donors (Lipinski definition) is 1. The average Bonchev–Trinajstić information content (AvgIpc) is 3.46. The molecule has 2 amide bonds. The fourth-order valence-corrected chi connectivity index (χ4v) is 4.93. The van der Waals surface area contributed by atoms with Crippen LogP contribution in [0.15, 0.2) is 51.9 Å². The lowest BCUT2D eigenvalue weighted by atomic mass is 9.93. The van der Waals surface area contributed by atoms with Crippen LogP contribution in [0.1, 0.15) is 42.3 Å². The highest BCUT2D eigenvalue weighted by Gasteiger charge is 2.33. The molecule has 4 heterocycles. The third-order valence-electron chi connectivity index (χ3n) is 6.63. The number of imidazole rings is 1. The Labute approximate surface area is 179 Å². The number of fused-ring (bicyclic) bond motifs is 1. The summed E-state index contributed by atoms with van der Waals surface area (Å²) in [6, 6.07) is 11.2. The van der Waals surface area contributed by atoms with Crippen molar-refractivity contribution < 1.29 is 14.0 Å². The zero-order chi connectivity index (χ0) is 21.4. The molecule has 0 radical (unpaired) electrons. The van der Waals surface area contributed by atoms with Gasteiger partial charge in [-0.15, -0.1) is 0 Å². The van der Waals surface area contributed by atoms with Gasteiger partial charge in [0.2, 0.25) is 5.91 Å². The number of hydrogen-bond acceptors (Lipinski definition) is 4. The van der Waals surface area contributed by atoms with E-state index in [2.05, 4.69) is 4.98 Å². The van der Waals surface area contributed by atoms with Crippen LogP contribution in [0.25, 0.3) is 11.0 Å². The second-order valence-corrected chi connectivity index (χ2v) is 8.42. The van der Waals surface area contributed by atoms with Gasteiger partial charge in [0, 0.05) is 38.1 Å². The maximum Gasteiger partial charge on any atom is 0.326 e. The summed E-state index contributed by atoms with van der Waals surface area (Å²) in [6.07, 6.45) is 4.38. The van der Waals surface area contributed by atoms with Gasteiger partial charge in [-0.3, -0.25) is 14.2 Å². The number of likely N-dealkylation sites (tertiary alicyclic amines) is 2. The monoisotopic (exact) mass is 422 g/mol. The van der Waals surface area contributed by atoms with E-state index in [9.17, 15) is 14.4 Å². The van der Waals surface area contributed by atoms with Crippen LogP contribution in [0.3, 0.4) is 0 Å². The van der Waals surface area contributed by atoms with Crippen LogP contribution in [0.4, 0.5) is 0 Å². The molecule has 2 aliphatic heterocycles. The first-order valence-corrected chi connectivity index (χ1v) is 10.9. The van der Waals surface area contributed by atoms with Crippen molar-refractivity contribution in [1.29, 1.82) is 0 Å². The van der Waals surface area contributed by atoms with Gasteiger partial charge in [0.05, 0.1) is 17.3 Å². The summed E-state index contributed by atoms with van der Waals surface area (Å²) >= 11 is 0. The van der Waals surface area contributed by atoms with Crippen molar-refractivity contribution in [3.8, 4) is 0 Å². The maximum atomic E-state index is 13.1. The lowest BCUT2D eigenvalue weighted by Crippen LogP contribution is -2.47. The molecule has 0 atom stereocenters. The minimum absolute atomic E-state index is 0.0481. The van der Waals surface area contributed by atoms with E-state index in [1.165, 1.54) is 6.26 Å². The SMILES string of the molecule is O=C(c1ccco1)N1CCC(C(=O)N2CCC(n3c(=O)[nH]c4ccccc43)CC2)CC1. The summed E-state index contributed by atoms with van der Waals surface area (Å²) in [5.74, 6) is 0.364. The van der Waals surface area contributed by atoms with E-state index >= 15 is 0 Å². The molecular weight excluding hydrogens is 396 g/mol. The molecule has 1 aromatic carbocycles. The van der Waals surface area contributed by atoms with Crippen LogP contribution in [0, 0.1) is 5.92 Å². The molecule has 3 aromatic rings. The van der Waals surface area contributed by atoms with Crippen LogP contribution in [0.5, 0.6) is 0 Å². The minimum atomic E-state index is -0.110. The molecule has 0 aliphatic carbocycles. The topological polar surface area (TPSA) is 91.6 Å².